The first kappa shape index (κ1) is 22.1. The highest BCUT2D eigenvalue weighted by molar-refractivity contribution is 8.00. The lowest BCUT2D eigenvalue weighted by molar-refractivity contribution is -0.128. The van der Waals surface area contributed by atoms with Gasteiger partial charge < -0.3 is 10.2 Å². The van der Waals surface area contributed by atoms with Crippen molar-refractivity contribution in [1.29, 1.82) is 0 Å². The number of nitrogens with zero attached hydrogens (tertiary/aromatic N) is 1. The summed E-state index contributed by atoms with van der Waals surface area (Å²) < 4.78 is 0. The fourth-order valence-corrected chi connectivity index (χ4v) is 4.82. The Morgan fingerprint density at radius 2 is 1.75 bits per heavy atom. The topological polar surface area (TPSA) is 66.5 Å². The lowest BCUT2D eigenvalue weighted by Crippen LogP contribution is -2.27. The van der Waals surface area contributed by atoms with Crippen LogP contribution < -0.4 is 5.32 Å². The molecule has 0 aromatic heterocycles. The predicted molar refractivity (Wildman–Crippen MR) is 128 cm³/mol. The van der Waals surface area contributed by atoms with E-state index in [4.69, 9.17) is 11.6 Å². The molecule has 0 unspecified atom stereocenters. The van der Waals surface area contributed by atoms with Gasteiger partial charge in [0, 0.05) is 28.4 Å². The summed E-state index contributed by atoms with van der Waals surface area (Å²) in [5, 5.41) is 3.38. The van der Waals surface area contributed by atoms with Gasteiger partial charge in [-0.05, 0) is 54.4 Å². The normalized spacial score (nSPS) is 15.6. The van der Waals surface area contributed by atoms with Gasteiger partial charge >= 0.3 is 0 Å². The van der Waals surface area contributed by atoms with Crippen molar-refractivity contribution in [2.45, 2.75) is 18.8 Å². The van der Waals surface area contributed by atoms with Crippen molar-refractivity contribution < 1.29 is 14.4 Å². The average Bonchev–Trinajstić information content (AvgIpc) is 3.15. The fourth-order valence-electron chi connectivity index (χ4n) is 3.51. The third-order valence-corrected chi connectivity index (χ3v) is 6.73. The second kappa shape index (κ2) is 9.59. The summed E-state index contributed by atoms with van der Waals surface area (Å²) in [5.74, 6) is 0.192. The number of anilines is 1. The number of amides is 2. The van der Waals surface area contributed by atoms with Gasteiger partial charge in [0.05, 0.1) is 5.75 Å². The molecule has 4 rings (SSSR count). The Hall–Kier alpha value is -3.09. The van der Waals surface area contributed by atoms with Crippen molar-refractivity contribution in [3.8, 4) is 0 Å². The van der Waals surface area contributed by atoms with Crippen LogP contribution in [0.25, 0.3) is 0 Å². The van der Waals surface area contributed by atoms with Crippen LogP contribution >= 0.6 is 23.4 Å². The standard InChI is InChI=1S/C25H21ClN2O3S/c1-16(29)20-3-2-4-22(13-20)27-24(31)18-7-9-19(10-8-18)25-28(23(30)15-32-25)14-17-5-11-21(26)12-6-17/h2-13,25H,14-15H2,1H3,(H,27,31)/t25-/m0/s1. The van der Waals surface area contributed by atoms with E-state index < -0.39 is 0 Å². The molecule has 1 saturated heterocycles. The Morgan fingerprint density at radius 3 is 2.44 bits per heavy atom. The van der Waals surface area contributed by atoms with E-state index >= 15 is 0 Å². The van der Waals surface area contributed by atoms with Gasteiger partial charge in [0.25, 0.3) is 5.91 Å². The van der Waals surface area contributed by atoms with E-state index in [1.165, 1.54) is 6.92 Å². The molecule has 0 saturated carbocycles. The number of Topliss-reactive ketones (excluding diaryl/α,β-unsaturated/α-hetero) is 1. The number of halogens is 1. The Balaban J connectivity index is 1.46. The van der Waals surface area contributed by atoms with Crippen LogP contribution in [-0.4, -0.2) is 28.3 Å². The van der Waals surface area contributed by atoms with Crippen LogP contribution in [0, 0.1) is 0 Å². The Morgan fingerprint density at radius 1 is 1.03 bits per heavy atom. The summed E-state index contributed by atoms with van der Waals surface area (Å²) in [5.41, 5.74) is 3.59. The molecule has 1 fully saturated rings. The summed E-state index contributed by atoms with van der Waals surface area (Å²) in [4.78, 5) is 38.5. The van der Waals surface area contributed by atoms with Crippen molar-refractivity contribution in [3.63, 3.8) is 0 Å². The molecule has 3 aromatic carbocycles. The average molecular weight is 465 g/mol. The summed E-state index contributed by atoms with van der Waals surface area (Å²) >= 11 is 7.54. The second-order valence-electron chi connectivity index (χ2n) is 7.52. The number of hydrogen-bond donors (Lipinski definition) is 1. The maximum Gasteiger partial charge on any atom is 0.255 e. The Labute approximate surface area is 195 Å². The van der Waals surface area contributed by atoms with Gasteiger partial charge in [-0.25, -0.2) is 0 Å². The van der Waals surface area contributed by atoms with Gasteiger partial charge in [-0.2, -0.15) is 0 Å². The van der Waals surface area contributed by atoms with Gasteiger partial charge in [0.2, 0.25) is 5.91 Å². The van der Waals surface area contributed by atoms with E-state index in [-0.39, 0.29) is 23.0 Å². The van der Waals surface area contributed by atoms with Gasteiger partial charge in [-0.15, -0.1) is 11.8 Å². The molecule has 0 bridgehead atoms. The van der Waals surface area contributed by atoms with Gasteiger partial charge in [0.15, 0.2) is 5.78 Å². The zero-order chi connectivity index (χ0) is 22.7. The Bertz CT molecular complexity index is 1160. The van der Waals surface area contributed by atoms with Crippen LogP contribution in [0.2, 0.25) is 5.02 Å². The molecular weight excluding hydrogens is 444 g/mol. The van der Waals surface area contributed by atoms with Crippen LogP contribution in [0.4, 0.5) is 5.69 Å². The predicted octanol–water partition coefficient (Wildman–Crippen LogP) is 5.57. The van der Waals surface area contributed by atoms with Crippen LogP contribution in [0.15, 0.2) is 72.8 Å². The van der Waals surface area contributed by atoms with Crippen LogP contribution in [0.1, 0.15) is 44.1 Å². The molecule has 5 nitrogen and oxygen atoms in total. The van der Waals surface area contributed by atoms with E-state index in [1.54, 1.807) is 48.2 Å². The highest BCUT2D eigenvalue weighted by atomic mass is 35.5. The monoisotopic (exact) mass is 464 g/mol. The van der Waals surface area contributed by atoms with Crippen LogP contribution in [0.5, 0.6) is 0 Å². The number of thioether (sulfide) groups is 1. The number of carbonyl (C=O) groups is 3. The van der Waals surface area contributed by atoms with Gasteiger partial charge in [0.1, 0.15) is 5.37 Å². The van der Waals surface area contributed by atoms with Gasteiger partial charge in [-0.3, -0.25) is 14.4 Å². The molecule has 1 N–H and O–H groups in total. The number of hydrogen-bond acceptors (Lipinski definition) is 4. The van der Waals surface area contributed by atoms with Crippen molar-refractivity contribution in [2.75, 3.05) is 11.1 Å². The summed E-state index contributed by atoms with van der Waals surface area (Å²) in [6, 6.07) is 21.6. The molecule has 32 heavy (non-hydrogen) atoms. The Kier molecular flexibility index (Phi) is 6.63. The highest BCUT2D eigenvalue weighted by Gasteiger charge is 2.32. The van der Waals surface area contributed by atoms with Crippen LogP contribution in [-0.2, 0) is 11.3 Å². The smallest absolute Gasteiger partial charge is 0.255 e. The number of nitrogens with one attached hydrogen (secondary N) is 1. The number of ketones is 1. The molecule has 1 atom stereocenters. The van der Waals surface area contributed by atoms with E-state index in [0.717, 1.165) is 11.1 Å². The molecule has 0 spiro atoms. The van der Waals surface area contributed by atoms with E-state index in [2.05, 4.69) is 5.32 Å². The molecule has 1 aliphatic heterocycles. The maximum atomic E-state index is 12.6. The van der Waals surface area contributed by atoms with E-state index in [9.17, 15) is 14.4 Å². The molecule has 0 radical (unpaired) electrons. The summed E-state index contributed by atoms with van der Waals surface area (Å²) in [6.45, 7) is 1.99. The third kappa shape index (κ3) is 5.03. The molecule has 1 aliphatic rings. The highest BCUT2D eigenvalue weighted by Crippen LogP contribution is 2.39. The number of carbonyl (C=O) groups excluding carboxylic acids is 3. The van der Waals surface area contributed by atoms with Crippen LogP contribution in [0.3, 0.4) is 0 Å². The first-order valence-corrected chi connectivity index (χ1v) is 11.5. The fraction of sp³-hybridized carbons (Fsp3) is 0.160. The minimum absolute atomic E-state index is 0.0581. The lowest BCUT2D eigenvalue weighted by Gasteiger charge is -2.24. The van der Waals surface area contributed by atoms with Crippen molar-refractivity contribution in [2.24, 2.45) is 0 Å². The van der Waals surface area contributed by atoms with Crippen molar-refractivity contribution >= 4 is 46.6 Å². The first-order valence-electron chi connectivity index (χ1n) is 10.1. The largest absolute Gasteiger partial charge is 0.322 e. The first-order chi connectivity index (χ1) is 15.4. The van der Waals surface area contributed by atoms with Crippen molar-refractivity contribution in [3.05, 3.63) is 100 Å². The quantitative estimate of drug-likeness (QED) is 0.484. The minimum Gasteiger partial charge on any atom is -0.322 e. The second-order valence-corrected chi connectivity index (χ2v) is 9.03. The number of rotatable bonds is 6. The molecule has 7 heteroatoms. The SMILES string of the molecule is CC(=O)c1cccc(NC(=O)c2ccc([C@@H]3SCC(=O)N3Cc3ccc(Cl)cc3)cc2)c1. The summed E-state index contributed by atoms with van der Waals surface area (Å²) in [6.07, 6.45) is 0. The minimum atomic E-state index is -0.259. The number of benzene rings is 3. The molecule has 3 aromatic rings. The molecule has 2 amide bonds. The molecule has 1 heterocycles. The van der Waals surface area contributed by atoms with E-state index in [0.29, 0.717) is 34.1 Å². The summed E-state index contributed by atoms with van der Waals surface area (Å²) in [7, 11) is 0. The molecule has 0 aliphatic carbocycles. The maximum absolute atomic E-state index is 12.6. The molecule has 162 valence electrons. The zero-order valence-electron chi connectivity index (χ0n) is 17.4. The van der Waals surface area contributed by atoms with Gasteiger partial charge in [-0.1, -0.05) is 48.0 Å². The van der Waals surface area contributed by atoms with Crippen molar-refractivity contribution in [1.82, 2.24) is 4.90 Å². The van der Waals surface area contributed by atoms with E-state index in [1.807, 2.05) is 41.3 Å². The zero-order valence-corrected chi connectivity index (χ0v) is 19.0. The molecular formula is C25H21ClN2O3S. The third-order valence-electron chi connectivity index (χ3n) is 5.22. The lowest BCUT2D eigenvalue weighted by atomic mass is 10.1.